The van der Waals surface area contributed by atoms with E-state index in [9.17, 15) is 0 Å². The number of hydrogen-bond acceptors (Lipinski definition) is 2. The summed E-state index contributed by atoms with van der Waals surface area (Å²) in [5.41, 5.74) is 0. The smallest absolute Gasteiger partial charge is 0.161 e. The van der Waals surface area contributed by atoms with E-state index < -0.39 is 0 Å². The van der Waals surface area contributed by atoms with Crippen LogP contribution in [0.25, 0.3) is 0 Å². The van der Waals surface area contributed by atoms with Crippen LogP contribution in [0.1, 0.15) is 19.3 Å². The summed E-state index contributed by atoms with van der Waals surface area (Å²) in [5.74, 6) is 0.987. The normalized spacial score (nSPS) is 34.3. The first-order valence-corrected chi connectivity index (χ1v) is 5.42. The quantitative estimate of drug-likeness (QED) is 0.629. The third kappa shape index (κ3) is 2.07. The first-order valence-electron chi connectivity index (χ1n) is 5.42. The molecule has 2 heteroatoms. The number of hydrogen-bond donors (Lipinski definition) is 0. The van der Waals surface area contributed by atoms with Crippen molar-refractivity contribution in [2.45, 2.75) is 25.6 Å². The highest BCUT2D eigenvalue weighted by Gasteiger charge is 2.30. The van der Waals surface area contributed by atoms with Gasteiger partial charge in [0, 0.05) is 5.92 Å². The van der Waals surface area contributed by atoms with E-state index >= 15 is 0 Å². The fourth-order valence-corrected chi connectivity index (χ4v) is 2.19. The lowest BCUT2D eigenvalue weighted by Crippen LogP contribution is -2.36. The Hall–Kier alpha value is -0.600. The fraction of sp³-hybridized carbons (Fsp3) is 0.667. The van der Waals surface area contributed by atoms with Crippen LogP contribution in [0.3, 0.4) is 0 Å². The van der Waals surface area contributed by atoms with Gasteiger partial charge < -0.3 is 9.47 Å². The summed E-state index contributed by atoms with van der Waals surface area (Å²) in [7, 11) is 0. The highest BCUT2D eigenvalue weighted by molar-refractivity contribution is 5.01. The largest absolute Gasteiger partial charge is 0.352 e. The van der Waals surface area contributed by atoms with Crippen molar-refractivity contribution in [1.82, 2.24) is 0 Å². The Morgan fingerprint density at radius 3 is 2.57 bits per heavy atom. The van der Waals surface area contributed by atoms with Crippen molar-refractivity contribution >= 4 is 0 Å². The molecule has 1 saturated heterocycles. The molecule has 2 aliphatic rings. The first kappa shape index (κ1) is 9.94. The second-order valence-corrected chi connectivity index (χ2v) is 3.97. The van der Waals surface area contributed by atoms with Crippen LogP contribution in [-0.4, -0.2) is 19.5 Å². The van der Waals surface area contributed by atoms with Crippen molar-refractivity contribution in [3.8, 4) is 0 Å². The molecule has 0 saturated carbocycles. The number of ether oxygens (including phenoxy) is 2. The molecule has 0 aromatic heterocycles. The van der Waals surface area contributed by atoms with E-state index in [4.69, 9.17) is 9.47 Å². The Bertz CT molecular complexity index is 216. The minimum atomic E-state index is -0.00306. The van der Waals surface area contributed by atoms with Gasteiger partial charge in [0.25, 0.3) is 0 Å². The van der Waals surface area contributed by atoms with Crippen LogP contribution in [-0.2, 0) is 9.47 Å². The van der Waals surface area contributed by atoms with Crippen LogP contribution in [0, 0.1) is 11.8 Å². The maximum atomic E-state index is 5.65. The van der Waals surface area contributed by atoms with E-state index in [0.717, 1.165) is 32.5 Å². The van der Waals surface area contributed by atoms with Gasteiger partial charge in [-0.3, -0.25) is 0 Å². The van der Waals surface area contributed by atoms with Gasteiger partial charge in [-0.25, -0.2) is 0 Å². The Labute approximate surface area is 85.6 Å². The van der Waals surface area contributed by atoms with Crippen LogP contribution in [0.4, 0.5) is 0 Å². The number of allylic oxidation sites excluding steroid dienone is 3. The van der Waals surface area contributed by atoms with Gasteiger partial charge in [0.15, 0.2) is 6.29 Å². The van der Waals surface area contributed by atoms with Gasteiger partial charge >= 0.3 is 0 Å². The van der Waals surface area contributed by atoms with E-state index in [-0.39, 0.29) is 6.29 Å². The summed E-state index contributed by atoms with van der Waals surface area (Å²) < 4.78 is 11.3. The monoisotopic (exact) mass is 194 g/mol. The van der Waals surface area contributed by atoms with Gasteiger partial charge in [0.2, 0.25) is 0 Å². The van der Waals surface area contributed by atoms with Crippen molar-refractivity contribution in [2.75, 3.05) is 13.2 Å². The molecule has 0 amide bonds. The Morgan fingerprint density at radius 2 is 1.86 bits per heavy atom. The molecule has 0 radical (unpaired) electrons. The van der Waals surface area contributed by atoms with Crippen molar-refractivity contribution in [2.24, 2.45) is 11.8 Å². The van der Waals surface area contributed by atoms with Crippen molar-refractivity contribution in [3.63, 3.8) is 0 Å². The van der Waals surface area contributed by atoms with E-state index in [1.54, 1.807) is 0 Å². The molecule has 0 aromatic rings. The molecule has 0 bridgehead atoms. The second-order valence-electron chi connectivity index (χ2n) is 3.97. The summed E-state index contributed by atoms with van der Waals surface area (Å²) in [6.07, 6.45) is 9.65. The van der Waals surface area contributed by atoms with Crippen LogP contribution < -0.4 is 0 Å². The summed E-state index contributed by atoms with van der Waals surface area (Å²) >= 11 is 0. The van der Waals surface area contributed by atoms with Crippen LogP contribution in [0.2, 0.25) is 0 Å². The van der Waals surface area contributed by atoms with E-state index in [1.807, 2.05) is 6.08 Å². The topological polar surface area (TPSA) is 18.5 Å². The molecule has 2 nitrogen and oxygen atoms in total. The van der Waals surface area contributed by atoms with E-state index in [0.29, 0.717) is 11.8 Å². The minimum absolute atomic E-state index is 0.00306. The average Bonchev–Trinajstić information content (AvgIpc) is 2.30. The summed E-state index contributed by atoms with van der Waals surface area (Å²) in [6, 6.07) is 0. The van der Waals surface area contributed by atoms with Crippen molar-refractivity contribution < 1.29 is 9.47 Å². The molecule has 2 rings (SSSR count). The predicted molar refractivity (Wildman–Crippen MR) is 55.9 cm³/mol. The minimum Gasteiger partial charge on any atom is -0.352 e. The molecule has 2 atom stereocenters. The predicted octanol–water partition coefficient (Wildman–Crippen LogP) is 2.52. The van der Waals surface area contributed by atoms with Gasteiger partial charge in [0.05, 0.1) is 13.2 Å². The average molecular weight is 194 g/mol. The summed E-state index contributed by atoms with van der Waals surface area (Å²) in [5, 5.41) is 0. The lowest BCUT2D eigenvalue weighted by atomic mass is 9.82. The van der Waals surface area contributed by atoms with Crippen LogP contribution in [0.15, 0.2) is 24.8 Å². The third-order valence-corrected chi connectivity index (χ3v) is 3.04. The standard InChI is InChI=1S/C12H18O2/c1-2-10-6-3-4-7-11(10)12-13-8-5-9-14-12/h2-4,10-12H,1,5-9H2/t10-,11+/m0/s1. The van der Waals surface area contributed by atoms with Crippen LogP contribution in [0.5, 0.6) is 0 Å². The van der Waals surface area contributed by atoms with Gasteiger partial charge in [0.1, 0.15) is 0 Å². The maximum absolute atomic E-state index is 5.65. The number of rotatable bonds is 2. The van der Waals surface area contributed by atoms with Crippen molar-refractivity contribution in [3.05, 3.63) is 24.8 Å². The van der Waals surface area contributed by atoms with Gasteiger partial charge in [-0.05, 0) is 25.2 Å². The molecule has 0 spiro atoms. The lowest BCUT2D eigenvalue weighted by molar-refractivity contribution is -0.210. The molecule has 0 aromatic carbocycles. The lowest BCUT2D eigenvalue weighted by Gasteiger charge is -2.35. The van der Waals surface area contributed by atoms with Gasteiger partial charge in [-0.2, -0.15) is 0 Å². The zero-order valence-electron chi connectivity index (χ0n) is 8.52. The highest BCUT2D eigenvalue weighted by Crippen LogP contribution is 2.32. The molecular weight excluding hydrogens is 176 g/mol. The molecule has 78 valence electrons. The Kier molecular flexibility index (Phi) is 3.38. The maximum Gasteiger partial charge on any atom is 0.161 e. The first-order chi connectivity index (χ1) is 6.92. The molecule has 0 N–H and O–H groups in total. The summed E-state index contributed by atoms with van der Waals surface area (Å²) in [4.78, 5) is 0. The zero-order chi connectivity index (χ0) is 9.80. The molecule has 1 aliphatic carbocycles. The molecule has 1 heterocycles. The SMILES string of the molecule is C=C[C@H]1CC=CC[C@H]1C1OCCCO1. The Balaban J connectivity index is 1.99. The molecule has 0 unspecified atom stereocenters. The second kappa shape index (κ2) is 4.76. The van der Waals surface area contributed by atoms with E-state index in [1.165, 1.54) is 0 Å². The van der Waals surface area contributed by atoms with E-state index in [2.05, 4.69) is 18.7 Å². The molecule has 1 fully saturated rings. The Morgan fingerprint density at radius 1 is 1.14 bits per heavy atom. The van der Waals surface area contributed by atoms with Crippen LogP contribution >= 0.6 is 0 Å². The fourth-order valence-electron chi connectivity index (χ4n) is 2.19. The molecular formula is C12H18O2. The van der Waals surface area contributed by atoms with Crippen molar-refractivity contribution in [1.29, 1.82) is 0 Å². The molecule has 1 aliphatic heterocycles. The summed E-state index contributed by atoms with van der Waals surface area (Å²) in [6.45, 7) is 5.57. The third-order valence-electron chi connectivity index (χ3n) is 3.04. The van der Waals surface area contributed by atoms with Gasteiger partial charge in [-0.15, -0.1) is 6.58 Å². The molecule has 14 heavy (non-hydrogen) atoms. The zero-order valence-corrected chi connectivity index (χ0v) is 8.52. The highest BCUT2D eigenvalue weighted by atomic mass is 16.7. The van der Waals surface area contributed by atoms with Gasteiger partial charge in [-0.1, -0.05) is 18.2 Å².